The van der Waals surface area contributed by atoms with Crippen LogP contribution >= 0.6 is 0 Å². The third-order valence-corrected chi connectivity index (χ3v) is 11.0. The molecule has 3 aliphatic rings. The first kappa shape index (κ1) is 35.4. The molecule has 0 N–H and O–H groups in total. The highest BCUT2D eigenvalue weighted by molar-refractivity contribution is 5.69. The van der Waals surface area contributed by atoms with E-state index in [1.807, 2.05) is 27.7 Å². The maximum Gasteiger partial charge on any atom is 0.305 e. The van der Waals surface area contributed by atoms with Gasteiger partial charge in [-0.1, -0.05) is 54.4 Å². The fourth-order valence-electron chi connectivity index (χ4n) is 9.15. The molecule has 0 aromatic heterocycles. The van der Waals surface area contributed by atoms with Crippen LogP contribution in [0.1, 0.15) is 112 Å². The van der Waals surface area contributed by atoms with Gasteiger partial charge in [0, 0.05) is 25.7 Å². The van der Waals surface area contributed by atoms with E-state index in [0.29, 0.717) is 87.6 Å². The van der Waals surface area contributed by atoms with Gasteiger partial charge in [-0.15, -0.1) is 0 Å². The first-order valence-electron chi connectivity index (χ1n) is 17.3. The van der Waals surface area contributed by atoms with Crippen LogP contribution in [0.4, 0.5) is 0 Å². The average Bonchev–Trinajstić information content (AvgIpc) is 3.74. The van der Waals surface area contributed by atoms with Crippen molar-refractivity contribution in [3.05, 3.63) is 0 Å². The van der Waals surface area contributed by atoms with Gasteiger partial charge in [-0.2, -0.15) is 0 Å². The van der Waals surface area contributed by atoms with E-state index >= 15 is 0 Å². The van der Waals surface area contributed by atoms with Gasteiger partial charge in [0.2, 0.25) is 0 Å². The highest BCUT2D eigenvalue weighted by Crippen LogP contribution is 2.57. The lowest BCUT2D eigenvalue weighted by molar-refractivity contribution is -0.146. The van der Waals surface area contributed by atoms with Crippen molar-refractivity contribution < 1.29 is 38.1 Å². The van der Waals surface area contributed by atoms with Gasteiger partial charge in [-0.05, 0) is 91.3 Å². The molecule has 0 heterocycles. The molecule has 0 bridgehead atoms. The van der Waals surface area contributed by atoms with Gasteiger partial charge in [-0.25, -0.2) is 0 Å². The van der Waals surface area contributed by atoms with E-state index in [2.05, 4.69) is 13.8 Å². The van der Waals surface area contributed by atoms with Crippen LogP contribution in [-0.2, 0) is 38.1 Å². The first-order valence-corrected chi connectivity index (χ1v) is 17.3. The number of hydrogen-bond donors (Lipinski definition) is 0. The van der Waals surface area contributed by atoms with E-state index in [4.69, 9.17) is 18.9 Å². The van der Waals surface area contributed by atoms with E-state index < -0.39 is 0 Å². The summed E-state index contributed by atoms with van der Waals surface area (Å²) in [7, 11) is 0. The fraction of sp³-hybridized carbons (Fsp3) is 0.886. The molecule has 246 valence electrons. The number of hydrogen-bond acceptors (Lipinski definition) is 8. The van der Waals surface area contributed by atoms with Crippen LogP contribution in [0.15, 0.2) is 0 Å². The monoisotopic (exact) mass is 606 g/mol. The number of ether oxygens (including phenoxy) is 4. The fourth-order valence-corrected chi connectivity index (χ4v) is 9.15. The Morgan fingerprint density at radius 1 is 0.465 bits per heavy atom. The third kappa shape index (κ3) is 9.20. The van der Waals surface area contributed by atoms with E-state index in [1.54, 1.807) is 0 Å². The van der Waals surface area contributed by atoms with E-state index in [1.165, 1.54) is 0 Å². The molecule has 0 radical (unpaired) electrons. The molecule has 0 amide bonds. The summed E-state index contributed by atoms with van der Waals surface area (Å²) < 4.78 is 22.8. The Hall–Kier alpha value is -2.12. The third-order valence-electron chi connectivity index (χ3n) is 11.0. The Balaban J connectivity index is 1.80. The Labute approximate surface area is 259 Å². The van der Waals surface area contributed by atoms with Crippen LogP contribution in [0.25, 0.3) is 0 Å². The Bertz CT molecular complexity index is 846. The second-order valence-corrected chi connectivity index (χ2v) is 13.3. The molecule has 3 aliphatic carbocycles. The van der Waals surface area contributed by atoms with Crippen LogP contribution in [-0.4, -0.2) is 50.3 Å². The van der Waals surface area contributed by atoms with Crippen LogP contribution in [0.2, 0.25) is 0 Å². The van der Waals surface area contributed by atoms with Gasteiger partial charge >= 0.3 is 23.9 Å². The summed E-state index contributed by atoms with van der Waals surface area (Å²) in [6, 6.07) is 0. The topological polar surface area (TPSA) is 105 Å². The smallest absolute Gasteiger partial charge is 0.305 e. The summed E-state index contributed by atoms with van der Waals surface area (Å²) in [5.74, 6) is 3.18. The van der Waals surface area contributed by atoms with Gasteiger partial charge in [0.1, 0.15) is 0 Å². The Morgan fingerprint density at radius 2 is 0.767 bits per heavy atom. The maximum atomic E-state index is 12.1. The molecule has 0 aromatic carbocycles. The lowest BCUT2D eigenvalue weighted by Gasteiger charge is -2.34. The maximum absolute atomic E-state index is 12.1. The predicted octanol–water partition coefficient (Wildman–Crippen LogP) is 6.77. The molecule has 43 heavy (non-hydrogen) atoms. The number of rotatable bonds is 16. The molecular weight excluding hydrogens is 548 g/mol. The van der Waals surface area contributed by atoms with E-state index in [-0.39, 0.29) is 47.5 Å². The highest BCUT2D eigenvalue weighted by Gasteiger charge is 2.52. The molecule has 8 heteroatoms. The normalized spacial score (nSPS) is 33.7. The van der Waals surface area contributed by atoms with Crippen LogP contribution in [0, 0.1) is 59.2 Å². The summed E-state index contributed by atoms with van der Waals surface area (Å²) in [4.78, 5) is 48.3. The lowest BCUT2D eigenvalue weighted by Crippen LogP contribution is -2.31. The first-order chi connectivity index (χ1) is 20.7. The zero-order chi connectivity index (χ0) is 31.5. The van der Waals surface area contributed by atoms with Crippen molar-refractivity contribution in [2.45, 2.75) is 112 Å². The van der Waals surface area contributed by atoms with Gasteiger partial charge in [0.25, 0.3) is 0 Å². The van der Waals surface area contributed by atoms with E-state index in [0.717, 1.165) is 44.9 Å². The summed E-state index contributed by atoms with van der Waals surface area (Å²) in [5.41, 5.74) is 0. The number of esters is 4. The van der Waals surface area contributed by atoms with Crippen LogP contribution < -0.4 is 0 Å². The molecular formula is C35H58O8. The van der Waals surface area contributed by atoms with E-state index in [9.17, 15) is 19.2 Å². The van der Waals surface area contributed by atoms with Crippen molar-refractivity contribution in [3.63, 3.8) is 0 Å². The molecule has 3 saturated carbocycles. The van der Waals surface area contributed by atoms with Crippen LogP contribution in [0.3, 0.4) is 0 Å². The molecule has 8 nitrogen and oxygen atoms in total. The average molecular weight is 607 g/mol. The molecule has 10 unspecified atom stereocenters. The van der Waals surface area contributed by atoms with Gasteiger partial charge in [0.15, 0.2) is 0 Å². The quantitative estimate of drug-likeness (QED) is 0.140. The summed E-state index contributed by atoms with van der Waals surface area (Å²) in [6.07, 6.45) is 8.74. The van der Waals surface area contributed by atoms with Gasteiger partial charge in [0.05, 0.1) is 26.4 Å². The Kier molecular flexibility index (Phi) is 14.3. The molecule has 3 fully saturated rings. The number of carbonyl (C=O) groups excluding carboxylic acids is 4. The van der Waals surface area contributed by atoms with Crippen molar-refractivity contribution in [3.8, 4) is 0 Å². The second-order valence-electron chi connectivity index (χ2n) is 13.3. The minimum absolute atomic E-state index is 0.158. The zero-order valence-corrected chi connectivity index (χ0v) is 27.6. The zero-order valence-electron chi connectivity index (χ0n) is 27.6. The molecule has 3 rings (SSSR count). The van der Waals surface area contributed by atoms with Crippen molar-refractivity contribution in [1.29, 1.82) is 0 Å². The summed E-state index contributed by atoms with van der Waals surface area (Å²) >= 11 is 0. The molecule has 0 aromatic rings. The van der Waals surface area contributed by atoms with Crippen molar-refractivity contribution in [1.82, 2.24) is 0 Å². The second kappa shape index (κ2) is 17.4. The standard InChI is InChI=1S/C35H58O8/c1-7-28-24(18-40-30(36)9-3)16-26(20-42-32(38)11-5)34(28)22-13-14-23(15-22)35-27(21-43-33(39)12-6)17-25(29(35)8-2)19-41-31(37)10-4/h22-29,34-35H,7-21H2,1-6H3. The Morgan fingerprint density at radius 3 is 1.05 bits per heavy atom. The van der Waals surface area contributed by atoms with Crippen molar-refractivity contribution >= 4 is 23.9 Å². The molecule has 0 saturated heterocycles. The number of carbonyl (C=O) groups is 4. The summed E-state index contributed by atoms with van der Waals surface area (Å²) in [5, 5.41) is 0. The minimum Gasteiger partial charge on any atom is -0.465 e. The van der Waals surface area contributed by atoms with Crippen molar-refractivity contribution in [2.75, 3.05) is 26.4 Å². The molecule has 0 aliphatic heterocycles. The summed E-state index contributed by atoms with van der Waals surface area (Å²) in [6.45, 7) is 13.5. The van der Waals surface area contributed by atoms with Crippen molar-refractivity contribution in [2.24, 2.45) is 59.2 Å². The van der Waals surface area contributed by atoms with Gasteiger partial charge in [-0.3, -0.25) is 19.2 Å². The lowest BCUT2D eigenvalue weighted by atomic mass is 9.72. The molecule has 0 spiro atoms. The predicted molar refractivity (Wildman–Crippen MR) is 164 cm³/mol. The minimum atomic E-state index is -0.159. The SMILES string of the molecule is CCC(=O)OCC1CC(COC(=O)CC)C(C2CCC(C3C(COC(=O)CC)CC(COC(=O)CC)C3CC)C2)C1CC. The highest BCUT2D eigenvalue weighted by atomic mass is 16.5. The van der Waals surface area contributed by atoms with Crippen LogP contribution in [0.5, 0.6) is 0 Å². The molecule has 10 atom stereocenters. The van der Waals surface area contributed by atoms with Gasteiger partial charge < -0.3 is 18.9 Å². The largest absolute Gasteiger partial charge is 0.465 e.